The molecule has 0 radical (unpaired) electrons. The minimum Gasteiger partial charge on any atom is -0.477 e. The van der Waals surface area contributed by atoms with Crippen LogP contribution in [0.5, 0.6) is 5.75 Å². The summed E-state index contributed by atoms with van der Waals surface area (Å²) in [5.41, 5.74) is 0. The molecule has 0 aliphatic heterocycles. The molecule has 23 heavy (non-hydrogen) atoms. The number of unbranched alkanes of at least 4 members (excludes halogenated alkanes) is 7. The van der Waals surface area contributed by atoms with Gasteiger partial charge in [0.1, 0.15) is 5.75 Å². The number of hydrogen-bond acceptors (Lipinski definition) is 3. The lowest BCUT2D eigenvalue weighted by molar-refractivity contribution is -0.151. The third-order valence-corrected chi connectivity index (χ3v) is 4.03. The van der Waals surface area contributed by atoms with Crippen molar-refractivity contribution >= 4 is 17.6 Å². The first kappa shape index (κ1) is 19.8. The summed E-state index contributed by atoms with van der Waals surface area (Å²) < 4.78 is 10.8. The number of carbonyl (C=O) groups is 1. The summed E-state index contributed by atoms with van der Waals surface area (Å²) in [6.07, 6.45) is 9.14. The van der Waals surface area contributed by atoms with Crippen molar-refractivity contribution in [3.05, 3.63) is 29.3 Å². The lowest BCUT2D eigenvalue weighted by Crippen LogP contribution is -2.26. The van der Waals surface area contributed by atoms with Gasteiger partial charge in [0.25, 0.3) is 0 Å². The summed E-state index contributed by atoms with van der Waals surface area (Å²) in [5, 5.41) is 0.496. The quantitative estimate of drug-likeness (QED) is 0.357. The number of hydrogen-bond donors (Lipinski definition) is 0. The Morgan fingerprint density at radius 3 is 2.30 bits per heavy atom. The molecule has 1 unspecified atom stereocenters. The first-order valence-corrected chi connectivity index (χ1v) is 9.10. The number of benzene rings is 1. The Bertz CT molecular complexity index is 448. The average molecular weight is 341 g/mol. The minimum atomic E-state index is -0.649. The van der Waals surface area contributed by atoms with Crippen molar-refractivity contribution in [3.63, 3.8) is 0 Å². The fourth-order valence-corrected chi connectivity index (χ4v) is 2.49. The van der Waals surface area contributed by atoms with E-state index in [9.17, 15) is 4.79 Å². The smallest absolute Gasteiger partial charge is 0.347 e. The van der Waals surface area contributed by atoms with Gasteiger partial charge >= 0.3 is 5.97 Å². The summed E-state index contributed by atoms with van der Waals surface area (Å²) >= 11 is 6.00. The van der Waals surface area contributed by atoms with Crippen molar-refractivity contribution in [2.45, 2.75) is 71.3 Å². The highest BCUT2D eigenvalue weighted by Crippen LogP contribution is 2.24. The zero-order chi connectivity index (χ0) is 16.9. The summed E-state index contributed by atoms with van der Waals surface area (Å²) in [7, 11) is 0. The molecule has 1 aromatic rings. The van der Waals surface area contributed by atoms with Gasteiger partial charge in [0.2, 0.25) is 0 Å². The second kappa shape index (κ2) is 12.2. The molecular formula is C19H29ClO3. The Morgan fingerprint density at radius 1 is 1.04 bits per heavy atom. The highest BCUT2D eigenvalue weighted by atomic mass is 35.5. The number of rotatable bonds is 12. The van der Waals surface area contributed by atoms with Crippen molar-refractivity contribution in [2.24, 2.45) is 0 Å². The van der Waals surface area contributed by atoms with Gasteiger partial charge in [-0.15, -0.1) is 0 Å². The van der Waals surface area contributed by atoms with E-state index in [1.54, 1.807) is 19.1 Å². The molecule has 3 nitrogen and oxygen atoms in total. The highest BCUT2D eigenvalue weighted by Gasteiger charge is 2.17. The van der Waals surface area contributed by atoms with Gasteiger partial charge in [-0.2, -0.15) is 0 Å². The van der Waals surface area contributed by atoms with Gasteiger partial charge < -0.3 is 9.47 Å². The van der Waals surface area contributed by atoms with Crippen LogP contribution in [0.2, 0.25) is 5.02 Å². The van der Waals surface area contributed by atoms with Gasteiger partial charge in [-0.3, -0.25) is 0 Å². The Hall–Kier alpha value is -1.22. The van der Waals surface area contributed by atoms with E-state index < -0.39 is 6.10 Å². The molecule has 0 bridgehead atoms. The molecule has 1 rings (SSSR count). The van der Waals surface area contributed by atoms with Crippen LogP contribution in [0.25, 0.3) is 0 Å². The molecule has 0 fully saturated rings. The van der Waals surface area contributed by atoms with Crippen molar-refractivity contribution in [1.82, 2.24) is 0 Å². The van der Waals surface area contributed by atoms with E-state index in [4.69, 9.17) is 21.1 Å². The minimum absolute atomic E-state index is 0.340. The molecule has 130 valence electrons. The lowest BCUT2D eigenvalue weighted by Gasteiger charge is -2.14. The Labute approximate surface area is 145 Å². The monoisotopic (exact) mass is 340 g/mol. The first-order valence-electron chi connectivity index (χ1n) is 8.73. The van der Waals surface area contributed by atoms with Gasteiger partial charge in [0.05, 0.1) is 11.6 Å². The maximum Gasteiger partial charge on any atom is 0.347 e. The maximum absolute atomic E-state index is 11.9. The van der Waals surface area contributed by atoms with E-state index in [1.807, 2.05) is 12.1 Å². The normalized spacial score (nSPS) is 12.0. The van der Waals surface area contributed by atoms with Gasteiger partial charge in [-0.1, -0.05) is 75.6 Å². The van der Waals surface area contributed by atoms with Gasteiger partial charge in [0, 0.05) is 0 Å². The topological polar surface area (TPSA) is 35.5 Å². The van der Waals surface area contributed by atoms with Crippen LogP contribution in [0.4, 0.5) is 0 Å². The van der Waals surface area contributed by atoms with Crippen LogP contribution < -0.4 is 4.74 Å². The zero-order valence-electron chi connectivity index (χ0n) is 14.4. The van der Waals surface area contributed by atoms with E-state index >= 15 is 0 Å². The number of ether oxygens (including phenoxy) is 2. The van der Waals surface area contributed by atoms with Crippen molar-refractivity contribution in [1.29, 1.82) is 0 Å². The van der Waals surface area contributed by atoms with E-state index in [-0.39, 0.29) is 5.97 Å². The molecule has 1 atom stereocenters. The third-order valence-electron chi connectivity index (χ3n) is 3.71. The predicted molar refractivity (Wildman–Crippen MR) is 95.1 cm³/mol. The van der Waals surface area contributed by atoms with E-state index in [1.165, 1.54) is 38.5 Å². The largest absolute Gasteiger partial charge is 0.477 e. The zero-order valence-corrected chi connectivity index (χ0v) is 15.1. The number of esters is 1. The molecule has 0 spiro atoms. The summed E-state index contributed by atoms with van der Waals surface area (Å²) in [6, 6.07) is 7.11. The van der Waals surface area contributed by atoms with Crippen LogP contribution >= 0.6 is 11.6 Å². The van der Waals surface area contributed by atoms with Crippen LogP contribution in [0, 0.1) is 0 Å². The highest BCUT2D eigenvalue weighted by molar-refractivity contribution is 6.32. The molecule has 0 aromatic heterocycles. The fraction of sp³-hybridized carbons (Fsp3) is 0.632. The van der Waals surface area contributed by atoms with E-state index in [0.717, 1.165) is 12.8 Å². The Morgan fingerprint density at radius 2 is 1.65 bits per heavy atom. The summed E-state index contributed by atoms with van der Waals surface area (Å²) in [4.78, 5) is 11.9. The van der Waals surface area contributed by atoms with Gasteiger partial charge in [-0.25, -0.2) is 4.79 Å². The second-order valence-electron chi connectivity index (χ2n) is 5.83. The molecular weight excluding hydrogens is 312 g/mol. The van der Waals surface area contributed by atoms with Crippen LogP contribution in [-0.2, 0) is 9.53 Å². The number of carbonyl (C=O) groups excluding carboxylic acids is 1. The molecule has 0 aliphatic carbocycles. The van der Waals surface area contributed by atoms with Crippen LogP contribution in [0.15, 0.2) is 24.3 Å². The van der Waals surface area contributed by atoms with Crippen LogP contribution in [-0.4, -0.2) is 18.7 Å². The molecule has 1 aromatic carbocycles. The second-order valence-corrected chi connectivity index (χ2v) is 6.24. The Balaban J connectivity index is 2.08. The van der Waals surface area contributed by atoms with Crippen molar-refractivity contribution < 1.29 is 14.3 Å². The van der Waals surface area contributed by atoms with Crippen LogP contribution in [0.3, 0.4) is 0 Å². The molecule has 0 N–H and O–H groups in total. The van der Waals surface area contributed by atoms with E-state index in [0.29, 0.717) is 17.4 Å². The number of halogens is 1. The van der Waals surface area contributed by atoms with Gasteiger partial charge in [0.15, 0.2) is 6.10 Å². The van der Waals surface area contributed by atoms with Crippen molar-refractivity contribution in [3.8, 4) is 5.75 Å². The third kappa shape index (κ3) is 8.85. The summed E-state index contributed by atoms with van der Waals surface area (Å²) in [5.74, 6) is 0.165. The van der Waals surface area contributed by atoms with Crippen LogP contribution in [0.1, 0.15) is 65.2 Å². The first-order chi connectivity index (χ1) is 11.1. The molecule has 0 saturated heterocycles. The Kier molecular flexibility index (Phi) is 10.5. The summed E-state index contributed by atoms with van der Waals surface area (Å²) in [6.45, 7) is 4.37. The molecule has 0 saturated carbocycles. The van der Waals surface area contributed by atoms with E-state index in [2.05, 4.69) is 6.92 Å². The molecule has 0 amide bonds. The number of para-hydroxylation sites is 1. The van der Waals surface area contributed by atoms with Crippen molar-refractivity contribution in [2.75, 3.05) is 6.61 Å². The van der Waals surface area contributed by atoms with Gasteiger partial charge in [-0.05, 0) is 25.5 Å². The molecule has 4 heteroatoms. The average Bonchev–Trinajstić information content (AvgIpc) is 2.55. The SMILES string of the molecule is CCCCCCCCCCOC(=O)C(C)Oc1ccccc1Cl. The molecule has 0 aliphatic rings. The standard InChI is InChI=1S/C19H29ClO3/c1-3-4-5-6-7-8-9-12-15-22-19(21)16(2)23-18-14-11-10-13-17(18)20/h10-11,13-14,16H,3-9,12,15H2,1-2H3. The fourth-order valence-electron chi connectivity index (χ4n) is 2.30. The lowest BCUT2D eigenvalue weighted by atomic mass is 10.1. The maximum atomic E-state index is 11.9. The predicted octanol–water partition coefficient (Wildman–Crippen LogP) is 5.79. The molecule has 0 heterocycles.